The molecule has 3 fully saturated rings. The Morgan fingerprint density at radius 1 is 1.17 bits per heavy atom. The van der Waals surface area contributed by atoms with Crippen LogP contribution >= 0.6 is 0 Å². The van der Waals surface area contributed by atoms with Crippen LogP contribution in [-0.2, 0) is 19.1 Å². The molecule has 1 amide bonds. The minimum atomic E-state index is -0.769. The molecule has 6 heteroatoms. The van der Waals surface area contributed by atoms with Crippen LogP contribution in [0.4, 0.5) is 0 Å². The lowest BCUT2D eigenvalue weighted by Gasteiger charge is -2.41. The van der Waals surface area contributed by atoms with E-state index in [-0.39, 0.29) is 29.9 Å². The van der Waals surface area contributed by atoms with Gasteiger partial charge in [0.05, 0.1) is 31.3 Å². The fraction of sp³-hybridized carbons (Fsp3) is 0.882. The summed E-state index contributed by atoms with van der Waals surface area (Å²) in [7, 11) is 1.74. The second-order valence-corrected chi connectivity index (χ2v) is 7.09. The zero-order valence-corrected chi connectivity index (χ0v) is 13.8. The van der Waals surface area contributed by atoms with Crippen LogP contribution in [-0.4, -0.2) is 60.9 Å². The number of amides is 1. The average Bonchev–Trinajstić information content (AvgIpc) is 3.23. The van der Waals surface area contributed by atoms with Crippen molar-refractivity contribution >= 4 is 11.9 Å². The third-order valence-corrected chi connectivity index (χ3v) is 5.88. The number of ether oxygens (including phenoxy) is 2. The van der Waals surface area contributed by atoms with Crippen LogP contribution in [0.5, 0.6) is 0 Å². The van der Waals surface area contributed by atoms with Gasteiger partial charge in [0.25, 0.3) is 0 Å². The molecule has 0 aromatic carbocycles. The van der Waals surface area contributed by atoms with Gasteiger partial charge in [0, 0.05) is 25.5 Å². The van der Waals surface area contributed by atoms with Crippen molar-refractivity contribution in [2.45, 2.75) is 50.7 Å². The minimum Gasteiger partial charge on any atom is -0.481 e. The molecular weight excluding hydrogens is 298 g/mol. The predicted octanol–water partition coefficient (Wildman–Crippen LogP) is 1.53. The van der Waals surface area contributed by atoms with Gasteiger partial charge in [-0.3, -0.25) is 9.59 Å². The molecule has 6 nitrogen and oxygen atoms in total. The average molecular weight is 325 g/mol. The maximum atomic E-state index is 13.0. The van der Waals surface area contributed by atoms with E-state index in [0.717, 1.165) is 19.3 Å². The van der Waals surface area contributed by atoms with E-state index in [2.05, 4.69) is 0 Å². The molecule has 1 saturated heterocycles. The SMILES string of the molecule is COC1CCCC1C1COCCN1C(=O)[C@@H]1CC[C@H](C(=O)O)C1. The van der Waals surface area contributed by atoms with Gasteiger partial charge in [0.1, 0.15) is 0 Å². The van der Waals surface area contributed by atoms with Crippen LogP contribution in [0.2, 0.25) is 0 Å². The van der Waals surface area contributed by atoms with E-state index in [4.69, 9.17) is 14.6 Å². The molecule has 3 unspecified atom stereocenters. The molecule has 130 valence electrons. The van der Waals surface area contributed by atoms with Crippen molar-refractivity contribution in [3.8, 4) is 0 Å². The Hall–Kier alpha value is -1.14. The highest BCUT2D eigenvalue weighted by atomic mass is 16.5. The molecule has 1 N–H and O–H groups in total. The molecule has 23 heavy (non-hydrogen) atoms. The van der Waals surface area contributed by atoms with Crippen LogP contribution in [0, 0.1) is 17.8 Å². The molecule has 1 heterocycles. The number of carbonyl (C=O) groups excluding carboxylic acids is 1. The van der Waals surface area contributed by atoms with Crippen LogP contribution in [0.15, 0.2) is 0 Å². The fourth-order valence-electron chi connectivity index (χ4n) is 4.60. The highest BCUT2D eigenvalue weighted by Gasteiger charge is 2.43. The Kier molecular flexibility index (Phi) is 5.21. The first kappa shape index (κ1) is 16.7. The molecule has 0 spiro atoms. The normalized spacial score (nSPS) is 38.0. The maximum Gasteiger partial charge on any atom is 0.306 e. The molecular formula is C17H27NO5. The second-order valence-electron chi connectivity index (χ2n) is 7.09. The lowest BCUT2D eigenvalue weighted by molar-refractivity contribution is -0.149. The van der Waals surface area contributed by atoms with Crippen molar-refractivity contribution < 1.29 is 24.2 Å². The summed E-state index contributed by atoms with van der Waals surface area (Å²) in [5.41, 5.74) is 0. The number of nitrogens with zero attached hydrogens (tertiary/aromatic N) is 1. The number of aliphatic carboxylic acids is 1. The highest BCUT2D eigenvalue weighted by Crippen LogP contribution is 2.37. The summed E-state index contributed by atoms with van der Waals surface area (Å²) in [6.07, 6.45) is 5.24. The van der Waals surface area contributed by atoms with Crippen molar-refractivity contribution in [1.29, 1.82) is 0 Å². The van der Waals surface area contributed by atoms with Crippen LogP contribution in [0.25, 0.3) is 0 Å². The lowest BCUT2D eigenvalue weighted by atomic mass is 9.92. The molecule has 1 aliphatic heterocycles. The number of morpholine rings is 1. The standard InChI is InChI=1S/C17H27NO5/c1-22-15-4-2-3-13(15)14-10-23-8-7-18(14)16(19)11-5-6-12(9-11)17(20)21/h11-15H,2-10H2,1H3,(H,20,21)/t11-,12+,13?,14?,15?/m1/s1. The Labute approximate surface area is 137 Å². The minimum absolute atomic E-state index is 0.0765. The molecule has 0 radical (unpaired) electrons. The van der Waals surface area contributed by atoms with Crippen molar-refractivity contribution in [3.63, 3.8) is 0 Å². The quantitative estimate of drug-likeness (QED) is 0.848. The summed E-state index contributed by atoms with van der Waals surface area (Å²) in [5.74, 6) is -0.806. The van der Waals surface area contributed by atoms with Gasteiger partial charge in [0.15, 0.2) is 0 Å². The number of methoxy groups -OCH3 is 1. The largest absolute Gasteiger partial charge is 0.481 e. The van der Waals surface area contributed by atoms with E-state index in [1.54, 1.807) is 7.11 Å². The fourth-order valence-corrected chi connectivity index (χ4v) is 4.60. The van der Waals surface area contributed by atoms with E-state index in [1.165, 1.54) is 0 Å². The van der Waals surface area contributed by atoms with E-state index < -0.39 is 5.97 Å². The Balaban J connectivity index is 1.69. The monoisotopic (exact) mass is 325 g/mol. The van der Waals surface area contributed by atoms with Crippen molar-refractivity contribution in [3.05, 3.63) is 0 Å². The van der Waals surface area contributed by atoms with E-state index in [0.29, 0.717) is 44.9 Å². The van der Waals surface area contributed by atoms with Gasteiger partial charge in [-0.1, -0.05) is 6.42 Å². The summed E-state index contributed by atoms with van der Waals surface area (Å²) in [4.78, 5) is 26.1. The van der Waals surface area contributed by atoms with Gasteiger partial charge in [-0.05, 0) is 32.1 Å². The number of carboxylic acid groups (broad SMARTS) is 1. The number of rotatable bonds is 4. The van der Waals surface area contributed by atoms with Crippen LogP contribution in [0.3, 0.4) is 0 Å². The Bertz CT molecular complexity index is 454. The van der Waals surface area contributed by atoms with E-state index in [1.807, 2.05) is 4.90 Å². The third-order valence-electron chi connectivity index (χ3n) is 5.88. The predicted molar refractivity (Wildman–Crippen MR) is 82.9 cm³/mol. The van der Waals surface area contributed by atoms with Crippen molar-refractivity contribution in [1.82, 2.24) is 4.90 Å². The van der Waals surface area contributed by atoms with Gasteiger partial charge in [-0.15, -0.1) is 0 Å². The summed E-state index contributed by atoms with van der Waals surface area (Å²) in [5, 5.41) is 9.15. The molecule has 0 aromatic rings. The van der Waals surface area contributed by atoms with Gasteiger partial charge in [-0.25, -0.2) is 0 Å². The number of carbonyl (C=O) groups is 2. The second kappa shape index (κ2) is 7.18. The zero-order chi connectivity index (χ0) is 16.4. The first-order valence-corrected chi connectivity index (χ1v) is 8.75. The number of hydrogen-bond donors (Lipinski definition) is 1. The van der Waals surface area contributed by atoms with Crippen molar-refractivity contribution in [2.24, 2.45) is 17.8 Å². The summed E-state index contributed by atoms with van der Waals surface area (Å²) < 4.78 is 11.3. The van der Waals surface area contributed by atoms with Gasteiger partial charge in [-0.2, -0.15) is 0 Å². The van der Waals surface area contributed by atoms with Crippen LogP contribution in [0.1, 0.15) is 38.5 Å². The number of carboxylic acids is 1. The zero-order valence-electron chi connectivity index (χ0n) is 13.8. The van der Waals surface area contributed by atoms with E-state index >= 15 is 0 Å². The Morgan fingerprint density at radius 2 is 1.96 bits per heavy atom. The maximum absolute atomic E-state index is 13.0. The first-order chi connectivity index (χ1) is 11.1. The molecule has 0 bridgehead atoms. The molecule has 5 atom stereocenters. The summed E-state index contributed by atoms with van der Waals surface area (Å²) in [6.45, 7) is 1.76. The molecule has 3 aliphatic rings. The van der Waals surface area contributed by atoms with Crippen molar-refractivity contribution in [2.75, 3.05) is 26.9 Å². The summed E-state index contributed by atoms with van der Waals surface area (Å²) in [6, 6.07) is 0.0765. The smallest absolute Gasteiger partial charge is 0.306 e. The van der Waals surface area contributed by atoms with Gasteiger partial charge in [0.2, 0.25) is 5.91 Å². The molecule has 2 aliphatic carbocycles. The first-order valence-electron chi connectivity index (χ1n) is 8.75. The third kappa shape index (κ3) is 3.38. The number of hydrogen-bond acceptors (Lipinski definition) is 4. The molecule has 3 rings (SSSR count). The van der Waals surface area contributed by atoms with Gasteiger partial charge < -0.3 is 19.5 Å². The Morgan fingerprint density at radius 3 is 2.65 bits per heavy atom. The topological polar surface area (TPSA) is 76.1 Å². The molecule has 0 aromatic heterocycles. The van der Waals surface area contributed by atoms with Crippen LogP contribution < -0.4 is 0 Å². The lowest BCUT2D eigenvalue weighted by Crippen LogP contribution is -2.55. The highest BCUT2D eigenvalue weighted by molar-refractivity contribution is 5.81. The summed E-state index contributed by atoms with van der Waals surface area (Å²) >= 11 is 0. The van der Waals surface area contributed by atoms with Gasteiger partial charge >= 0.3 is 5.97 Å². The molecule has 2 saturated carbocycles. The van der Waals surface area contributed by atoms with E-state index in [9.17, 15) is 9.59 Å².